The molecule has 1 N–H and O–H groups in total. The zero-order valence-electron chi connectivity index (χ0n) is 29.0. The van der Waals surface area contributed by atoms with Gasteiger partial charge in [-0.3, -0.25) is 19.3 Å². The first-order valence-electron chi connectivity index (χ1n) is 16.6. The molecule has 0 aromatic heterocycles. The molecule has 0 unspecified atom stereocenters. The lowest BCUT2D eigenvalue weighted by molar-refractivity contribution is -0.130. The van der Waals surface area contributed by atoms with Crippen molar-refractivity contribution in [1.29, 1.82) is 0 Å². The van der Waals surface area contributed by atoms with E-state index in [0.717, 1.165) is 33.7 Å². The molecule has 262 valence electrons. The Morgan fingerprint density at radius 3 is 2.43 bits per heavy atom. The highest BCUT2D eigenvalue weighted by atomic mass is 79.9. The summed E-state index contributed by atoms with van der Waals surface area (Å²) in [5.41, 5.74) is 1.14. The minimum atomic E-state index is -1.12. The maximum Gasteiger partial charge on any atom is 0.410 e. The van der Waals surface area contributed by atoms with Crippen LogP contribution in [-0.2, 0) is 30.4 Å². The predicted molar refractivity (Wildman–Crippen MR) is 192 cm³/mol. The fourth-order valence-corrected chi connectivity index (χ4v) is 6.60. The van der Waals surface area contributed by atoms with E-state index in [1.165, 1.54) is 11.9 Å². The fraction of sp³-hybridized carbons (Fsp3) is 0.459. The molecule has 11 nitrogen and oxygen atoms in total. The van der Waals surface area contributed by atoms with Gasteiger partial charge in [0.25, 0.3) is 5.91 Å². The highest BCUT2D eigenvalue weighted by molar-refractivity contribution is 9.10. The van der Waals surface area contributed by atoms with Crippen LogP contribution in [0.15, 0.2) is 59.1 Å². The molecule has 12 heteroatoms. The largest absolute Gasteiger partial charge is 0.496 e. The summed E-state index contributed by atoms with van der Waals surface area (Å²) < 4.78 is 17.7. The second-order valence-electron chi connectivity index (χ2n) is 13.6. The molecular weight excluding hydrogens is 692 g/mol. The monoisotopic (exact) mass is 736 g/mol. The normalized spacial score (nSPS) is 17.6. The molecule has 5 rings (SSSR count). The summed E-state index contributed by atoms with van der Waals surface area (Å²) in [4.78, 5) is 59.8. The summed E-state index contributed by atoms with van der Waals surface area (Å²) in [6, 6.07) is 15.0. The van der Waals surface area contributed by atoms with E-state index in [1.807, 2.05) is 54.6 Å². The Labute approximate surface area is 296 Å². The number of anilines is 2. The summed E-state index contributed by atoms with van der Waals surface area (Å²) in [7, 11) is 3.06. The number of nitrogens with zero attached hydrogens (tertiary/aromatic N) is 3. The van der Waals surface area contributed by atoms with Crippen molar-refractivity contribution >= 4 is 61.9 Å². The number of ether oxygens (including phenoxy) is 3. The maximum atomic E-state index is 14.7. The van der Waals surface area contributed by atoms with Crippen molar-refractivity contribution in [2.75, 3.05) is 43.7 Å². The molecule has 2 aliphatic heterocycles. The molecule has 1 fully saturated rings. The Balaban J connectivity index is 1.54. The SMILES string of the molecule is COc1ccc2cc(Br)ccc2c1CN1C(=O)[C@@H](NC(=O)[C@H](C)N(C)C(=O)OC(C)(C)C)CN(C(=O)CC2CCOCC2)c2ccccc21. The molecule has 2 atom stereocenters. The molecule has 0 spiro atoms. The Morgan fingerprint density at radius 1 is 1.06 bits per heavy atom. The van der Waals surface area contributed by atoms with E-state index < -0.39 is 35.6 Å². The number of para-hydroxylation sites is 2. The number of rotatable bonds is 8. The van der Waals surface area contributed by atoms with Crippen LogP contribution in [0, 0.1) is 5.92 Å². The zero-order chi connectivity index (χ0) is 35.5. The van der Waals surface area contributed by atoms with Gasteiger partial charge < -0.3 is 29.3 Å². The highest BCUT2D eigenvalue weighted by Gasteiger charge is 2.39. The number of hydrogen-bond acceptors (Lipinski definition) is 7. The smallest absolute Gasteiger partial charge is 0.410 e. The van der Waals surface area contributed by atoms with Crippen molar-refractivity contribution in [2.24, 2.45) is 5.92 Å². The summed E-state index contributed by atoms with van der Waals surface area (Å²) in [5.74, 6) is -0.337. The molecule has 3 aromatic carbocycles. The van der Waals surface area contributed by atoms with Gasteiger partial charge in [-0.1, -0.05) is 40.2 Å². The quantitative estimate of drug-likeness (QED) is 0.299. The van der Waals surface area contributed by atoms with Crippen molar-refractivity contribution in [3.63, 3.8) is 0 Å². The van der Waals surface area contributed by atoms with Crippen molar-refractivity contribution in [3.8, 4) is 5.75 Å². The van der Waals surface area contributed by atoms with Gasteiger partial charge >= 0.3 is 6.09 Å². The lowest BCUT2D eigenvalue weighted by Crippen LogP contribution is -2.57. The molecule has 0 saturated carbocycles. The van der Waals surface area contributed by atoms with E-state index in [2.05, 4.69) is 21.2 Å². The topological polar surface area (TPSA) is 118 Å². The Bertz CT molecular complexity index is 1720. The number of benzene rings is 3. The van der Waals surface area contributed by atoms with Gasteiger partial charge in [-0.25, -0.2) is 4.79 Å². The third kappa shape index (κ3) is 8.36. The highest BCUT2D eigenvalue weighted by Crippen LogP contribution is 2.38. The lowest BCUT2D eigenvalue weighted by Gasteiger charge is -2.30. The number of methoxy groups -OCH3 is 1. The number of hydrogen-bond donors (Lipinski definition) is 1. The van der Waals surface area contributed by atoms with Crippen LogP contribution in [0.1, 0.15) is 52.5 Å². The maximum absolute atomic E-state index is 14.7. The second-order valence-corrected chi connectivity index (χ2v) is 14.5. The molecule has 0 aliphatic carbocycles. The number of carbonyl (C=O) groups is 4. The van der Waals surface area contributed by atoms with Gasteiger partial charge in [0.15, 0.2) is 0 Å². The fourth-order valence-electron chi connectivity index (χ4n) is 6.22. The third-order valence-corrected chi connectivity index (χ3v) is 9.54. The lowest BCUT2D eigenvalue weighted by atomic mass is 9.95. The number of likely N-dealkylation sites (N-methyl/N-ethyl adjacent to an activating group) is 1. The van der Waals surface area contributed by atoms with Crippen LogP contribution < -0.4 is 19.9 Å². The average Bonchev–Trinajstić information content (AvgIpc) is 3.18. The van der Waals surface area contributed by atoms with Crippen LogP contribution in [0.4, 0.5) is 16.2 Å². The van der Waals surface area contributed by atoms with E-state index in [9.17, 15) is 19.2 Å². The van der Waals surface area contributed by atoms with Crippen LogP contribution in [-0.4, -0.2) is 80.3 Å². The van der Waals surface area contributed by atoms with Crippen molar-refractivity contribution in [1.82, 2.24) is 10.2 Å². The summed E-state index contributed by atoms with van der Waals surface area (Å²) in [6.45, 7) is 8.04. The molecule has 0 bridgehead atoms. The number of carbonyl (C=O) groups excluding carboxylic acids is 4. The molecule has 4 amide bonds. The number of amides is 4. The van der Waals surface area contributed by atoms with E-state index in [1.54, 1.807) is 44.6 Å². The van der Waals surface area contributed by atoms with Crippen LogP contribution in [0.5, 0.6) is 5.75 Å². The Hall–Kier alpha value is -4.16. The zero-order valence-corrected chi connectivity index (χ0v) is 30.5. The van der Waals surface area contributed by atoms with Gasteiger partial charge in [-0.15, -0.1) is 0 Å². The van der Waals surface area contributed by atoms with E-state index in [4.69, 9.17) is 14.2 Å². The molecule has 1 saturated heterocycles. The van der Waals surface area contributed by atoms with Crippen LogP contribution in [0.3, 0.4) is 0 Å². The van der Waals surface area contributed by atoms with E-state index >= 15 is 0 Å². The first kappa shape index (κ1) is 36.1. The van der Waals surface area contributed by atoms with Gasteiger partial charge in [0.2, 0.25) is 11.8 Å². The average molecular weight is 738 g/mol. The molecule has 2 aliphatic rings. The molecular formula is C37H45BrN4O7. The summed E-state index contributed by atoms with van der Waals surface area (Å²) in [5, 5.41) is 4.75. The van der Waals surface area contributed by atoms with Crippen LogP contribution in [0.2, 0.25) is 0 Å². The third-order valence-electron chi connectivity index (χ3n) is 9.04. The van der Waals surface area contributed by atoms with Gasteiger partial charge in [0.1, 0.15) is 23.4 Å². The van der Waals surface area contributed by atoms with Gasteiger partial charge in [-0.05, 0) is 87.6 Å². The second kappa shape index (κ2) is 15.2. The Morgan fingerprint density at radius 2 is 1.76 bits per heavy atom. The van der Waals surface area contributed by atoms with Crippen molar-refractivity contribution in [2.45, 2.75) is 71.2 Å². The van der Waals surface area contributed by atoms with E-state index in [-0.39, 0.29) is 31.3 Å². The summed E-state index contributed by atoms with van der Waals surface area (Å²) in [6.07, 6.45) is 1.17. The molecule has 0 radical (unpaired) electrons. The van der Waals surface area contributed by atoms with Crippen molar-refractivity contribution < 1.29 is 33.4 Å². The molecule has 49 heavy (non-hydrogen) atoms. The van der Waals surface area contributed by atoms with E-state index in [0.29, 0.717) is 30.3 Å². The molecule has 3 aromatic rings. The Kier molecular flexibility index (Phi) is 11.2. The van der Waals surface area contributed by atoms with Crippen LogP contribution in [0.25, 0.3) is 10.8 Å². The first-order valence-corrected chi connectivity index (χ1v) is 17.4. The predicted octanol–water partition coefficient (Wildman–Crippen LogP) is 6.05. The van der Waals surface area contributed by atoms with Gasteiger partial charge in [-0.2, -0.15) is 0 Å². The summed E-state index contributed by atoms with van der Waals surface area (Å²) >= 11 is 3.55. The van der Waals surface area contributed by atoms with Crippen molar-refractivity contribution in [3.05, 3.63) is 64.6 Å². The number of nitrogens with one attached hydrogen (secondary N) is 1. The first-order chi connectivity index (χ1) is 23.3. The number of fused-ring (bicyclic) bond motifs is 2. The minimum absolute atomic E-state index is 0.0807. The standard InChI is InChI=1S/C37H45BrN4O7/c1-23(40(5)36(46)49-37(2,3)4)34(44)39-29-22-41(33(43)19-24-15-17-48-18-16-24)30-9-7-8-10-31(30)42(35(29)45)21-28-27-13-12-26(38)20-25(27)11-14-32(28)47-6/h7-14,20,23-24,29H,15-19,21-22H2,1-6H3,(H,39,44)/t23-,29-/m0/s1. The van der Waals surface area contributed by atoms with Gasteiger partial charge in [0, 0.05) is 36.7 Å². The minimum Gasteiger partial charge on any atom is -0.496 e. The van der Waals surface area contributed by atoms with Gasteiger partial charge in [0.05, 0.1) is 31.6 Å². The van der Waals surface area contributed by atoms with Crippen LogP contribution >= 0.6 is 15.9 Å². The number of halogens is 1. The molecule has 2 heterocycles.